The Labute approximate surface area is 410 Å². The third-order valence-corrected chi connectivity index (χ3v) is 14.2. The molecule has 2 aliphatic heterocycles. The van der Waals surface area contributed by atoms with Gasteiger partial charge in [0.1, 0.15) is 24.4 Å². The molecular weight excluding hydrogens is 839 g/mol. The quantitative estimate of drug-likeness (QED) is 0.0286. The minimum Gasteiger partial charge on any atom is -0.461 e. The van der Waals surface area contributed by atoms with Crippen molar-refractivity contribution in [2.24, 2.45) is 11.8 Å². The van der Waals surface area contributed by atoms with Gasteiger partial charge in [0.25, 0.3) is 0 Å². The zero-order valence-electron chi connectivity index (χ0n) is 43.5. The van der Waals surface area contributed by atoms with E-state index >= 15 is 0 Å². The van der Waals surface area contributed by atoms with Crippen LogP contribution in [0.2, 0.25) is 0 Å². The molecule has 2 fully saturated rings. The van der Waals surface area contributed by atoms with Crippen molar-refractivity contribution in [3.05, 3.63) is 35.9 Å². The van der Waals surface area contributed by atoms with Crippen LogP contribution in [0.5, 0.6) is 0 Å². The molecule has 0 spiro atoms. The fraction of sp³-hybridized carbons (Fsp3) is 0.828. The number of carbonyl (C=O) groups is 4. The molecule has 9 nitrogen and oxygen atoms in total. The highest BCUT2D eigenvalue weighted by molar-refractivity contribution is 5.80. The largest absolute Gasteiger partial charge is 0.461 e. The second kappa shape index (κ2) is 40.9. The van der Waals surface area contributed by atoms with Crippen LogP contribution < -0.4 is 5.32 Å². The number of amides is 1. The highest BCUT2D eigenvalue weighted by Gasteiger charge is 2.44. The number of hydrogen-bond donors (Lipinski definition) is 2. The van der Waals surface area contributed by atoms with Gasteiger partial charge >= 0.3 is 17.9 Å². The predicted octanol–water partition coefficient (Wildman–Crippen LogP) is 14.8. The van der Waals surface area contributed by atoms with Crippen LogP contribution in [0, 0.1) is 11.8 Å². The standard InChI is InChI=1S/C34H55NO5.C24H46O3/c1-3-5-7-9-10-11-12-13-14-15-19-23-29(26-32-30(33(37)40-32)24-20-8-6-4-2)39-34(38)31(35-27-36)25-28-21-17-16-18-22-28;1-3-5-7-9-10-11-12-13-14-15-16-18-21(25)20-23-22(24(26)27-23)19-17-8-6-4-2/h16-18,21-22,27,29-32H,3-15,19-20,23-26H2,1-2H3,(H,35,36);21-23,25H,3-20H2,1-2H3/t29-,30-,31-,32-;21-,22+,23+/m01/s1. The van der Waals surface area contributed by atoms with Crippen molar-refractivity contribution in [1.29, 1.82) is 0 Å². The van der Waals surface area contributed by atoms with E-state index in [1.54, 1.807) is 0 Å². The molecule has 67 heavy (non-hydrogen) atoms. The van der Waals surface area contributed by atoms with Crippen LogP contribution in [-0.2, 0) is 39.8 Å². The summed E-state index contributed by atoms with van der Waals surface area (Å²) in [7, 11) is 0. The number of hydrogen-bond acceptors (Lipinski definition) is 8. The average molecular weight is 940 g/mol. The molecule has 2 heterocycles. The number of aliphatic hydroxyl groups excluding tert-OH is 1. The van der Waals surface area contributed by atoms with Gasteiger partial charge in [0.05, 0.1) is 17.9 Å². The van der Waals surface area contributed by atoms with Gasteiger partial charge in [-0.25, -0.2) is 4.79 Å². The summed E-state index contributed by atoms with van der Waals surface area (Å²) in [5.41, 5.74) is 0.959. The molecule has 3 rings (SSSR count). The Kier molecular flexibility index (Phi) is 36.7. The second-order valence-electron chi connectivity index (χ2n) is 20.2. The van der Waals surface area contributed by atoms with Gasteiger partial charge in [-0.3, -0.25) is 14.4 Å². The molecule has 1 aromatic carbocycles. The van der Waals surface area contributed by atoms with Crippen molar-refractivity contribution < 1.29 is 38.5 Å². The highest BCUT2D eigenvalue weighted by atomic mass is 16.6. The lowest BCUT2D eigenvalue weighted by Gasteiger charge is -2.37. The van der Waals surface area contributed by atoms with Gasteiger partial charge in [0, 0.05) is 19.3 Å². The minimum atomic E-state index is -0.742. The van der Waals surface area contributed by atoms with Crippen molar-refractivity contribution in [2.75, 3.05) is 0 Å². The molecular formula is C58H101NO8. The molecule has 1 aromatic rings. The van der Waals surface area contributed by atoms with Crippen LogP contribution in [0.4, 0.5) is 0 Å². The molecule has 0 aliphatic carbocycles. The van der Waals surface area contributed by atoms with E-state index < -0.39 is 12.0 Å². The van der Waals surface area contributed by atoms with E-state index in [4.69, 9.17) is 14.2 Å². The Morgan fingerprint density at radius 1 is 0.567 bits per heavy atom. The number of ether oxygens (including phenoxy) is 3. The van der Waals surface area contributed by atoms with Crippen LogP contribution in [-0.4, -0.2) is 59.9 Å². The number of nitrogens with one attached hydrogen (secondary N) is 1. The lowest BCUT2D eigenvalue weighted by atomic mass is 9.86. The summed E-state index contributed by atoms with van der Waals surface area (Å²) in [6, 6.07) is 8.89. The number of carbonyl (C=O) groups excluding carboxylic acids is 4. The van der Waals surface area contributed by atoms with Crippen LogP contribution in [0.25, 0.3) is 0 Å². The van der Waals surface area contributed by atoms with Crippen molar-refractivity contribution in [2.45, 2.75) is 296 Å². The number of unbranched alkanes of at least 4 members (excludes halogenated alkanes) is 26. The molecule has 2 aliphatic rings. The van der Waals surface area contributed by atoms with Gasteiger partial charge in [-0.2, -0.15) is 0 Å². The molecule has 0 unspecified atom stereocenters. The molecule has 7 atom stereocenters. The molecule has 2 saturated heterocycles. The van der Waals surface area contributed by atoms with E-state index in [0.717, 1.165) is 76.2 Å². The molecule has 0 radical (unpaired) electrons. The van der Waals surface area contributed by atoms with Gasteiger partial charge in [0.15, 0.2) is 0 Å². The fourth-order valence-electron chi connectivity index (χ4n) is 9.75. The summed E-state index contributed by atoms with van der Waals surface area (Å²) in [6.45, 7) is 8.90. The summed E-state index contributed by atoms with van der Waals surface area (Å²) in [6.07, 6.45) is 42.4. The Hall–Kier alpha value is -2.94. The van der Waals surface area contributed by atoms with E-state index in [-0.39, 0.29) is 48.2 Å². The van der Waals surface area contributed by atoms with Crippen LogP contribution in [0.1, 0.15) is 264 Å². The Balaban J connectivity index is 0.000000497. The molecule has 1 amide bonds. The van der Waals surface area contributed by atoms with Crippen molar-refractivity contribution in [3.8, 4) is 0 Å². The highest BCUT2D eigenvalue weighted by Crippen LogP contribution is 2.34. The van der Waals surface area contributed by atoms with Crippen molar-refractivity contribution >= 4 is 24.3 Å². The molecule has 0 saturated carbocycles. The summed E-state index contributed by atoms with van der Waals surface area (Å²) >= 11 is 0. The maximum Gasteiger partial charge on any atom is 0.329 e. The molecule has 386 valence electrons. The molecule has 0 aromatic heterocycles. The number of aliphatic hydroxyl groups is 1. The lowest BCUT2D eigenvalue weighted by molar-refractivity contribution is -0.191. The van der Waals surface area contributed by atoms with E-state index in [1.807, 2.05) is 30.3 Å². The Morgan fingerprint density at radius 3 is 1.37 bits per heavy atom. The van der Waals surface area contributed by atoms with Crippen LogP contribution >= 0.6 is 0 Å². The fourth-order valence-corrected chi connectivity index (χ4v) is 9.75. The molecule has 2 N–H and O–H groups in total. The Morgan fingerprint density at radius 2 is 0.955 bits per heavy atom. The predicted molar refractivity (Wildman–Crippen MR) is 275 cm³/mol. The summed E-state index contributed by atoms with van der Waals surface area (Å²) in [4.78, 5) is 48.3. The monoisotopic (exact) mass is 940 g/mol. The summed E-state index contributed by atoms with van der Waals surface area (Å²) in [5, 5.41) is 12.9. The maximum atomic E-state index is 13.2. The summed E-state index contributed by atoms with van der Waals surface area (Å²) in [5.74, 6) is -0.629. The number of esters is 3. The first kappa shape index (κ1) is 60.2. The molecule has 0 bridgehead atoms. The van der Waals surface area contributed by atoms with Gasteiger partial charge in [-0.1, -0.05) is 244 Å². The average Bonchev–Trinajstić information content (AvgIpc) is 3.32. The minimum absolute atomic E-state index is 0.0261. The van der Waals surface area contributed by atoms with E-state index in [9.17, 15) is 24.3 Å². The van der Waals surface area contributed by atoms with E-state index in [1.165, 1.54) is 148 Å². The van der Waals surface area contributed by atoms with Crippen molar-refractivity contribution in [3.63, 3.8) is 0 Å². The van der Waals surface area contributed by atoms with Gasteiger partial charge in [0.2, 0.25) is 6.41 Å². The first-order valence-corrected chi connectivity index (χ1v) is 28.3. The van der Waals surface area contributed by atoms with Crippen LogP contribution in [0.15, 0.2) is 30.3 Å². The first-order valence-electron chi connectivity index (χ1n) is 28.3. The van der Waals surface area contributed by atoms with Crippen LogP contribution in [0.3, 0.4) is 0 Å². The summed E-state index contributed by atoms with van der Waals surface area (Å²) < 4.78 is 16.8. The lowest BCUT2D eigenvalue weighted by Crippen LogP contribution is -2.48. The van der Waals surface area contributed by atoms with E-state index in [2.05, 4.69) is 33.0 Å². The van der Waals surface area contributed by atoms with E-state index in [0.29, 0.717) is 25.7 Å². The normalized spacial score (nSPS) is 18.9. The first-order chi connectivity index (χ1) is 32.8. The van der Waals surface area contributed by atoms with Gasteiger partial charge in [-0.05, 0) is 37.7 Å². The third kappa shape index (κ3) is 29.0. The zero-order valence-corrected chi connectivity index (χ0v) is 43.5. The topological polar surface area (TPSA) is 128 Å². The zero-order chi connectivity index (χ0) is 48.6. The maximum absolute atomic E-state index is 13.2. The van der Waals surface area contributed by atoms with Crippen molar-refractivity contribution in [1.82, 2.24) is 5.32 Å². The van der Waals surface area contributed by atoms with Gasteiger partial charge in [-0.15, -0.1) is 0 Å². The Bertz CT molecular complexity index is 1360. The smallest absolute Gasteiger partial charge is 0.329 e. The van der Waals surface area contributed by atoms with Gasteiger partial charge < -0.3 is 24.6 Å². The SMILES string of the molecule is CCCCCCCCCCCCC[C@@H](C[C@@H]1OC(=O)[C@H]1CCCCCC)OC(=O)[C@H](Cc1ccccc1)NC=O.CCCCCCCCCCCCC[C@@H](O)C[C@@H]1OC(=O)[C@H]1CCCCCC. The third-order valence-electron chi connectivity index (χ3n) is 14.2. The number of cyclic esters (lactones) is 2. The number of benzene rings is 1. The molecule has 9 heteroatoms. The number of rotatable bonds is 44. The second-order valence-corrected chi connectivity index (χ2v) is 20.2.